The zero-order valence-electron chi connectivity index (χ0n) is 14.7. The predicted molar refractivity (Wildman–Crippen MR) is 106 cm³/mol. The highest BCUT2D eigenvalue weighted by molar-refractivity contribution is 14.1. The molecule has 0 fully saturated rings. The number of halogens is 2. The minimum atomic E-state index is -0.911. The molecule has 3 N–H and O–H groups in total. The average Bonchev–Trinajstić information content (AvgIpc) is 3.24. The van der Waals surface area contributed by atoms with E-state index < -0.39 is 6.08 Å². The SMILES string of the molecule is Nc1nc(F)nc2c1nc(Cc1cc3c(cc1I)OCO3)n2CCOCCO. The largest absolute Gasteiger partial charge is 0.454 e. The van der Waals surface area contributed by atoms with Crippen molar-refractivity contribution < 1.29 is 23.7 Å². The van der Waals surface area contributed by atoms with Gasteiger partial charge in [-0.05, 0) is 40.3 Å². The molecule has 0 saturated carbocycles. The number of fused-ring (bicyclic) bond motifs is 2. The van der Waals surface area contributed by atoms with E-state index in [2.05, 4.69) is 37.5 Å². The minimum absolute atomic E-state index is 0.0147. The van der Waals surface area contributed by atoms with E-state index in [1.165, 1.54) is 0 Å². The maximum Gasteiger partial charge on any atom is 0.312 e. The molecular weight excluding hydrogens is 484 g/mol. The molecule has 0 bridgehead atoms. The van der Waals surface area contributed by atoms with Crippen LogP contribution in [0.25, 0.3) is 11.2 Å². The van der Waals surface area contributed by atoms with Gasteiger partial charge in [-0.25, -0.2) is 4.98 Å². The van der Waals surface area contributed by atoms with E-state index in [4.69, 9.17) is 25.1 Å². The molecule has 0 unspecified atom stereocenters. The third-order valence-electron chi connectivity index (χ3n) is 4.26. The summed E-state index contributed by atoms with van der Waals surface area (Å²) in [7, 11) is 0. The van der Waals surface area contributed by atoms with E-state index in [9.17, 15) is 4.39 Å². The fourth-order valence-corrected chi connectivity index (χ4v) is 3.63. The summed E-state index contributed by atoms with van der Waals surface area (Å²) in [5, 5.41) is 8.87. The number of rotatable bonds is 7. The Morgan fingerprint density at radius 3 is 2.79 bits per heavy atom. The van der Waals surface area contributed by atoms with Gasteiger partial charge in [-0.2, -0.15) is 14.4 Å². The monoisotopic (exact) mass is 501 g/mol. The molecule has 148 valence electrons. The lowest BCUT2D eigenvalue weighted by Gasteiger charge is -2.10. The van der Waals surface area contributed by atoms with Crippen LogP contribution in [0.4, 0.5) is 10.2 Å². The standard InChI is InChI=1S/C17H17FIN5O4/c18-17-22-15(20)14-16(23-17)24(1-3-26-4-2-25)13(21-14)6-9-5-11-12(7-10(9)19)28-8-27-11/h5,7,25H,1-4,6,8H2,(H2,20,22,23). The van der Waals surface area contributed by atoms with Crippen LogP contribution < -0.4 is 15.2 Å². The molecule has 0 spiro atoms. The van der Waals surface area contributed by atoms with E-state index in [1.807, 2.05) is 12.1 Å². The van der Waals surface area contributed by atoms with Gasteiger partial charge in [0.15, 0.2) is 28.5 Å². The highest BCUT2D eigenvalue weighted by Gasteiger charge is 2.20. The average molecular weight is 501 g/mol. The summed E-state index contributed by atoms with van der Waals surface area (Å²) >= 11 is 2.22. The fraction of sp³-hybridized carbons (Fsp3) is 0.353. The topological polar surface area (TPSA) is 118 Å². The van der Waals surface area contributed by atoms with Crippen LogP contribution >= 0.6 is 22.6 Å². The van der Waals surface area contributed by atoms with Crippen molar-refractivity contribution in [3.05, 3.63) is 33.2 Å². The molecule has 28 heavy (non-hydrogen) atoms. The molecule has 0 saturated heterocycles. The molecule has 1 aliphatic heterocycles. The summed E-state index contributed by atoms with van der Waals surface area (Å²) in [4.78, 5) is 12.0. The lowest BCUT2D eigenvalue weighted by atomic mass is 10.1. The van der Waals surface area contributed by atoms with Gasteiger partial charge in [-0.15, -0.1) is 0 Å². The number of nitrogens with zero attached hydrogens (tertiary/aromatic N) is 4. The van der Waals surface area contributed by atoms with Gasteiger partial charge in [0.2, 0.25) is 6.79 Å². The lowest BCUT2D eigenvalue weighted by molar-refractivity contribution is 0.0871. The maximum atomic E-state index is 13.7. The summed E-state index contributed by atoms with van der Waals surface area (Å²) in [6.07, 6.45) is -0.460. The van der Waals surface area contributed by atoms with Crippen LogP contribution in [-0.2, 0) is 17.7 Å². The summed E-state index contributed by atoms with van der Waals surface area (Å²) in [5.74, 6) is 2.01. The first-order chi connectivity index (χ1) is 13.6. The highest BCUT2D eigenvalue weighted by Crippen LogP contribution is 2.36. The van der Waals surface area contributed by atoms with E-state index in [0.717, 1.165) is 9.13 Å². The lowest BCUT2D eigenvalue weighted by Crippen LogP contribution is -2.12. The number of aromatic nitrogens is 4. The predicted octanol–water partition coefficient (Wildman–Crippen LogP) is 1.48. The highest BCUT2D eigenvalue weighted by atomic mass is 127. The van der Waals surface area contributed by atoms with Crippen LogP contribution in [0.2, 0.25) is 0 Å². The number of benzene rings is 1. The number of imidazole rings is 1. The van der Waals surface area contributed by atoms with Gasteiger partial charge >= 0.3 is 6.08 Å². The number of hydrogen-bond donors (Lipinski definition) is 2. The zero-order valence-corrected chi connectivity index (χ0v) is 16.8. The Balaban J connectivity index is 1.72. The molecule has 3 heterocycles. The zero-order chi connectivity index (χ0) is 19.7. The van der Waals surface area contributed by atoms with Gasteiger partial charge in [0.1, 0.15) is 5.82 Å². The van der Waals surface area contributed by atoms with Crippen LogP contribution in [0, 0.1) is 9.65 Å². The molecule has 4 rings (SSSR count). The van der Waals surface area contributed by atoms with Crippen molar-refractivity contribution in [3.8, 4) is 11.5 Å². The quantitative estimate of drug-likeness (QED) is 0.284. The molecule has 0 atom stereocenters. The van der Waals surface area contributed by atoms with Gasteiger partial charge in [0.25, 0.3) is 0 Å². The molecular formula is C17H17FIN5O4. The van der Waals surface area contributed by atoms with Gasteiger partial charge in [0.05, 0.1) is 19.8 Å². The van der Waals surface area contributed by atoms with Gasteiger partial charge in [-0.1, -0.05) is 0 Å². The van der Waals surface area contributed by atoms with Crippen LogP contribution in [0.3, 0.4) is 0 Å². The Bertz CT molecular complexity index is 1030. The second-order valence-corrected chi connectivity index (χ2v) is 7.20. The molecule has 2 aromatic heterocycles. The fourth-order valence-electron chi connectivity index (χ4n) is 3.00. The summed E-state index contributed by atoms with van der Waals surface area (Å²) < 4.78 is 32.7. The van der Waals surface area contributed by atoms with E-state index in [-0.39, 0.29) is 25.8 Å². The molecule has 1 aromatic carbocycles. The van der Waals surface area contributed by atoms with E-state index in [1.54, 1.807) is 4.57 Å². The molecule has 9 nitrogen and oxygen atoms in total. The van der Waals surface area contributed by atoms with Crippen LogP contribution in [0.5, 0.6) is 11.5 Å². The Morgan fingerprint density at radius 1 is 1.21 bits per heavy atom. The summed E-state index contributed by atoms with van der Waals surface area (Å²) in [6.45, 7) is 1.02. The minimum Gasteiger partial charge on any atom is -0.454 e. The number of hydrogen-bond acceptors (Lipinski definition) is 8. The van der Waals surface area contributed by atoms with E-state index >= 15 is 0 Å². The van der Waals surface area contributed by atoms with Crippen molar-refractivity contribution >= 4 is 39.6 Å². The number of ether oxygens (including phenoxy) is 3. The third kappa shape index (κ3) is 3.69. The number of anilines is 1. The first kappa shape index (κ1) is 19.1. The summed E-state index contributed by atoms with van der Waals surface area (Å²) in [6, 6.07) is 3.81. The number of aliphatic hydroxyl groups excluding tert-OH is 1. The van der Waals surface area contributed by atoms with Gasteiger partial charge < -0.3 is 29.6 Å². The number of nitrogens with two attached hydrogens (primary N) is 1. The number of nitrogen functional groups attached to an aromatic ring is 1. The molecule has 3 aromatic rings. The molecule has 11 heteroatoms. The normalized spacial score (nSPS) is 12.8. The first-order valence-electron chi connectivity index (χ1n) is 8.51. The Kier molecular flexibility index (Phi) is 5.46. The van der Waals surface area contributed by atoms with Crippen molar-refractivity contribution in [2.45, 2.75) is 13.0 Å². The van der Waals surface area contributed by atoms with Crippen LogP contribution in [0.15, 0.2) is 12.1 Å². The van der Waals surface area contributed by atoms with Crippen LogP contribution in [-0.4, -0.2) is 51.2 Å². The van der Waals surface area contributed by atoms with Gasteiger partial charge in [-0.3, -0.25) is 0 Å². The van der Waals surface area contributed by atoms with Crippen molar-refractivity contribution in [3.63, 3.8) is 0 Å². The van der Waals surface area contributed by atoms with E-state index in [0.29, 0.717) is 48.1 Å². The summed E-state index contributed by atoms with van der Waals surface area (Å²) in [5.41, 5.74) is 7.47. The molecule has 1 aliphatic rings. The van der Waals surface area contributed by atoms with Crippen molar-refractivity contribution in [2.24, 2.45) is 0 Å². The van der Waals surface area contributed by atoms with Crippen molar-refractivity contribution in [2.75, 3.05) is 32.3 Å². The van der Waals surface area contributed by atoms with Crippen LogP contribution in [0.1, 0.15) is 11.4 Å². The Hall–Kier alpha value is -2.25. The molecule has 0 amide bonds. The van der Waals surface area contributed by atoms with Gasteiger partial charge in [0, 0.05) is 16.5 Å². The first-order valence-corrected chi connectivity index (χ1v) is 9.59. The second-order valence-electron chi connectivity index (χ2n) is 6.04. The molecule has 0 radical (unpaired) electrons. The molecule has 0 aliphatic carbocycles. The second kappa shape index (κ2) is 8.01. The Labute approximate surface area is 172 Å². The van der Waals surface area contributed by atoms with Crippen molar-refractivity contribution in [1.29, 1.82) is 0 Å². The maximum absolute atomic E-state index is 13.7. The Morgan fingerprint density at radius 2 is 2.00 bits per heavy atom. The third-order valence-corrected chi connectivity index (χ3v) is 5.26. The number of aliphatic hydroxyl groups is 1. The van der Waals surface area contributed by atoms with Crippen molar-refractivity contribution in [1.82, 2.24) is 19.5 Å². The smallest absolute Gasteiger partial charge is 0.312 e.